The van der Waals surface area contributed by atoms with E-state index in [-0.39, 0.29) is 4.87 Å². The zero-order valence-corrected chi connectivity index (χ0v) is 12.1. The number of hydrogen-bond acceptors (Lipinski definition) is 4. The Morgan fingerprint density at radius 2 is 2.44 bits per heavy atom. The van der Waals surface area contributed by atoms with Crippen LogP contribution in [-0.2, 0) is 6.54 Å². The summed E-state index contributed by atoms with van der Waals surface area (Å²) in [6.45, 7) is 9.87. The van der Waals surface area contributed by atoms with Gasteiger partial charge in [0.2, 0.25) is 0 Å². The Labute approximate surface area is 112 Å². The molecule has 1 atom stereocenters. The van der Waals surface area contributed by atoms with E-state index >= 15 is 0 Å². The van der Waals surface area contributed by atoms with Crippen LogP contribution in [-0.4, -0.2) is 36.1 Å². The fourth-order valence-corrected chi connectivity index (χ4v) is 3.00. The van der Waals surface area contributed by atoms with Gasteiger partial charge in [0.05, 0.1) is 0 Å². The minimum atomic E-state index is 0.0550. The van der Waals surface area contributed by atoms with Gasteiger partial charge in [0, 0.05) is 24.2 Å². The Kier molecular flexibility index (Phi) is 4.97. The number of aromatic amines is 1. The molecule has 1 unspecified atom stereocenters. The molecule has 0 aromatic carbocycles. The largest absolute Gasteiger partial charge is 0.316 e. The predicted molar refractivity (Wildman–Crippen MR) is 76.0 cm³/mol. The normalized spacial score (nSPS) is 20.9. The minimum Gasteiger partial charge on any atom is -0.316 e. The molecular weight excluding hydrogens is 246 g/mol. The number of nitrogens with one attached hydrogen (secondary N) is 2. The lowest BCUT2D eigenvalue weighted by Gasteiger charge is -2.15. The summed E-state index contributed by atoms with van der Waals surface area (Å²) in [5.41, 5.74) is 1.06. The van der Waals surface area contributed by atoms with E-state index in [0.29, 0.717) is 0 Å². The molecule has 0 bridgehead atoms. The molecule has 0 aliphatic carbocycles. The SMILES string of the molecule is CC(C)CNCC1CCN(Cc2csc(=O)[nH]2)C1. The number of likely N-dealkylation sites (tertiary alicyclic amines) is 1. The van der Waals surface area contributed by atoms with E-state index in [9.17, 15) is 4.79 Å². The van der Waals surface area contributed by atoms with Crippen LogP contribution in [0.15, 0.2) is 10.2 Å². The first-order chi connectivity index (χ1) is 8.63. The number of H-pyrrole nitrogens is 1. The fourth-order valence-electron chi connectivity index (χ4n) is 2.43. The molecule has 1 aliphatic rings. The van der Waals surface area contributed by atoms with Crippen molar-refractivity contribution in [2.45, 2.75) is 26.8 Å². The monoisotopic (exact) mass is 269 g/mol. The molecule has 18 heavy (non-hydrogen) atoms. The Balaban J connectivity index is 1.70. The maximum absolute atomic E-state index is 11.1. The van der Waals surface area contributed by atoms with Crippen LogP contribution in [0.3, 0.4) is 0 Å². The lowest BCUT2D eigenvalue weighted by Crippen LogP contribution is -2.28. The molecule has 2 heterocycles. The molecule has 5 heteroatoms. The zero-order valence-electron chi connectivity index (χ0n) is 11.2. The quantitative estimate of drug-likeness (QED) is 0.823. The molecule has 2 N–H and O–H groups in total. The van der Waals surface area contributed by atoms with Gasteiger partial charge in [0.25, 0.3) is 0 Å². The lowest BCUT2D eigenvalue weighted by molar-refractivity contribution is 0.310. The first kappa shape index (κ1) is 13.8. The van der Waals surface area contributed by atoms with Crippen LogP contribution in [0.1, 0.15) is 26.0 Å². The van der Waals surface area contributed by atoms with Crippen molar-refractivity contribution < 1.29 is 0 Å². The highest BCUT2D eigenvalue weighted by Crippen LogP contribution is 2.17. The maximum Gasteiger partial charge on any atom is 0.304 e. The molecule has 102 valence electrons. The topological polar surface area (TPSA) is 48.1 Å². The second kappa shape index (κ2) is 6.50. The molecule has 1 aromatic rings. The van der Waals surface area contributed by atoms with E-state index in [2.05, 4.69) is 29.0 Å². The molecule has 4 nitrogen and oxygen atoms in total. The highest BCUT2D eigenvalue weighted by Gasteiger charge is 2.22. The smallest absolute Gasteiger partial charge is 0.304 e. The number of aromatic nitrogens is 1. The predicted octanol–water partition coefficient (Wildman–Crippen LogP) is 1.50. The summed E-state index contributed by atoms with van der Waals surface area (Å²) in [6.07, 6.45) is 1.26. The second-order valence-electron chi connectivity index (χ2n) is 5.62. The van der Waals surface area contributed by atoms with Gasteiger partial charge >= 0.3 is 4.87 Å². The number of thiazole rings is 1. The van der Waals surface area contributed by atoms with Gasteiger partial charge in [-0.25, -0.2) is 0 Å². The van der Waals surface area contributed by atoms with Gasteiger partial charge in [-0.2, -0.15) is 0 Å². The lowest BCUT2D eigenvalue weighted by atomic mass is 10.1. The molecular formula is C13H23N3OS. The van der Waals surface area contributed by atoms with E-state index in [1.165, 1.54) is 17.8 Å². The number of hydrogen-bond donors (Lipinski definition) is 2. The molecule has 1 fully saturated rings. The average Bonchev–Trinajstić information content (AvgIpc) is 2.89. The van der Waals surface area contributed by atoms with Gasteiger partial charge in [0.1, 0.15) is 0 Å². The third-order valence-corrected chi connectivity index (χ3v) is 4.04. The van der Waals surface area contributed by atoms with Gasteiger partial charge in [0.15, 0.2) is 0 Å². The van der Waals surface area contributed by atoms with E-state index in [1.54, 1.807) is 0 Å². The van der Waals surface area contributed by atoms with Crippen molar-refractivity contribution in [3.05, 3.63) is 20.7 Å². The van der Waals surface area contributed by atoms with E-state index in [4.69, 9.17) is 0 Å². The molecule has 1 saturated heterocycles. The molecule has 1 aliphatic heterocycles. The Morgan fingerprint density at radius 1 is 1.61 bits per heavy atom. The van der Waals surface area contributed by atoms with Crippen LogP contribution in [0, 0.1) is 11.8 Å². The van der Waals surface area contributed by atoms with Crippen molar-refractivity contribution in [3.8, 4) is 0 Å². The molecule has 0 radical (unpaired) electrons. The van der Waals surface area contributed by atoms with Gasteiger partial charge < -0.3 is 10.3 Å². The molecule has 2 rings (SSSR count). The first-order valence-electron chi connectivity index (χ1n) is 6.73. The van der Waals surface area contributed by atoms with E-state index in [1.807, 2.05) is 5.38 Å². The summed E-state index contributed by atoms with van der Waals surface area (Å²) in [6, 6.07) is 0. The van der Waals surface area contributed by atoms with Crippen molar-refractivity contribution in [1.82, 2.24) is 15.2 Å². The van der Waals surface area contributed by atoms with Crippen molar-refractivity contribution >= 4 is 11.3 Å². The summed E-state index contributed by atoms with van der Waals surface area (Å²) in [5.74, 6) is 1.48. The summed E-state index contributed by atoms with van der Waals surface area (Å²) < 4.78 is 0. The van der Waals surface area contributed by atoms with Gasteiger partial charge in [-0.15, -0.1) is 0 Å². The van der Waals surface area contributed by atoms with Crippen LogP contribution in [0.25, 0.3) is 0 Å². The summed E-state index contributed by atoms with van der Waals surface area (Å²) in [7, 11) is 0. The van der Waals surface area contributed by atoms with Gasteiger partial charge in [-0.05, 0) is 37.9 Å². The van der Waals surface area contributed by atoms with Gasteiger partial charge in [-0.1, -0.05) is 25.2 Å². The van der Waals surface area contributed by atoms with Crippen LogP contribution in [0.2, 0.25) is 0 Å². The summed E-state index contributed by atoms with van der Waals surface area (Å²) >= 11 is 1.26. The van der Waals surface area contributed by atoms with Crippen LogP contribution in [0.5, 0.6) is 0 Å². The van der Waals surface area contributed by atoms with E-state index in [0.717, 1.165) is 50.3 Å². The Bertz CT molecular complexity index is 412. The molecule has 1 aromatic heterocycles. The number of nitrogens with zero attached hydrogens (tertiary/aromatic N) is 1. The standard InChI is InChI=1S/C13H23N3OS/c1-10(2)5-14-6-11-3-4-16(7-11)8-12-9-18-13(17)15-12/h9-11,14H,3-8H2,1-2H3,(H,15,17). The highest BCUT2D eigenvalue weighted by atomic mass is 32.1. The summed E-state index contributed by atoms with van der Waals surface area (Å²) in [5, 5.41) is 5.47. The zero-order chi connectivity index (χ0) is 13.0. The Morgan fingerprint density at radius 3 is 3.11 bits per heavy atom. The number of rotatable bonds is 6. The van der Waals surface area contributed by atoms with Crippen LogP contribution in [0.4, 0.5) is 0 Å². The van der Waals surface area contributed by atoms with Crippen molar-refractivity contribution in [1.29, 1.82) is 0 Å². The first-order valence-corrected chi connectivity index (χ1v) is 7.61. The van der Waals surface area contributed by atoms with Crippen LogP contribution < -0.4 is 10.2 Å². The van der Waals surface area contributed by atoms with E-state index < -0.39 is 0 Å². The third kappa shape index (κ3) is 4.23. The molecule has 0 saturated carbocycles. The molecule has 0 amide bonds. The highest BCUT2D eigenvalue weighted by molar-refractivity contribution is 7.07. The average molecular weight is 269 g/mol. The Hall–Kier alpha value is -0.650. The third-order valence-electron chi connectivity index (χ3n) is 3.32. The second-order valence-corrected chi connectivity index (χ2v) is 6.46. The van der Waals surface area contributed by atoms with Crippen molar-refractivity contribution in [2.24, 2.45) is 11.8 Å². The minimum absolute atomic E-state index is 0.0550. The fraction of sp³-hybridized carbons (Fsp3) is 0.769. The van der Waals surface area contributed by atoms with Crippen LogP contribution >= 0.6 is 11.3 Å². The summed E-state index contributed by atoms with van der Waals surface area (Å²) in [4.78, 5) is 16.4. The molecule has 0 spiro atoms. The van der Waals surface area contributed by atoms with Crippen molar-refractivity contribution in [2.75, 3.05) is 26.2 Å². The van der Waals surface area contributed by atoms with Gasteiger partial charge in [-0.3, -0.25) is 9.69 Å². The maximum atomic E-state index is 11.1. The van der Waals surface area contributed by atoms with Crippen molar-refractivity contribution in [3.63, 3.8) is 0 Å².